The minimum atomic E-state index is -0.386. The molecule has 0 aliphatic carbocycles. The Morgan fingerprint density at radius 2 is 2.10 bits per heavy atom. The summed E-state index contributed by atoms with van der Waals surface area (Å²) in [7, 11) is 3.38. The number of rotatable bonds is 3. The molecule has 5 heteroatoms. The van der Waals surface area contributed by atoms with Crippen LogP contribution in [0.25, 0.3) is 22.4 Å². The van der Waals surface area contributed by atoms with Gasteiger partial charge in [0.25, 0.3) is 0 Å². The van der Waals surface area contributed by atoms with Crippen molar-refractivity contribution in [2.24, 2.45) is 12.8 Å². The number of halogens is 1. The van der Waals surface area contributed by atoms with Crippen LogP contribution in [-0.2, 0) is 13.6 Å². The minimum Gasteiger partial charge on any atom is -0.494 e. The van der Waals surface area contributed by atoms with Crippen molar-refractivity contribution in [3.05, 3.63) is 47.8 Å². The van der Waals surface area contributed by atoms with Gasteiger partial charge in [0.1, 0.15) is 5.82 Å². The number of nitrogens with zero attached hydrogens (tertiary/aromatic N) is 2. The Morgan fingerprint density at radius 1 is 1.29 bits per heavy atom. The highest BCUT2D eigenvalue weighted by Gasteiger charge is 2.14. The molecule has 3 aromatic rings. The lowest BCUT2D eigenvalue weighted by Crippen LogP contribution is -1.97. The molecule has 108 valence electrons. The quantitative estimate of drug-likeness (QED) is 0.805. The average molecular weight is 285 g/mol. The van der Waals surface area contributed by atoms with E-state index >= 15 is 0 Å². The fourth-order valence-corrected chi connectivity index (χ4v) is 2.49. The maximum Gasteiger partial charge on any atom is 0.165 e. The molecule has 0 unspecified atom stereocenters. The number of benzene rings is 2. The molecule has 1 aromatic heterocycles. The number of ether oxygens (including phenoxy) is 1. The molecular weight excluding hydrogens is 269 g/mol. The van der Waals surface area contributed by atoms with Crippen molar-refractivity contribution < 1.29 is 9.13 Å². The molecule has 4 nitrogen and oxygen atoms in total. The van der Waals surface area contributed by atoms with Crippen molar-refractivity contribution in [3.8, 4) is 17.1 Å². The summed E-state index contributed by atoms with van der Waals surface area (Å²) in [4.78, 5) is 4.66. The van der Waals surface area contributed by atoms with E-state index in [-0.39, 0.29) is 11.6 Å². The molecule has 0 saturated carbocycles. The molecule has 2 N–H and O–H groups in total. The number of hydrogen-bond acceptors (Lipinski definition) is 3. The molecule has 21 heavy (non-hydrogen) atoms. The van der Waals surface area contributed by atoms with E-state index in [1.165, 1.54) is 13.2 Å². The summed E-state index contributed by atoms with van der Waals surface area (Å²) in [6.45, 7) is 0.431. The highest BCUT2D eigenvalue weighted by atomic mass is 19.1. The second-order valence-electron chi connectivity index (χ2n) is 4.83. The van der Waals surface area contributed by atoms with E-state index in [0.717, 1.165) is 28.0 Å². The smallest absolute Gasteiger partial charge is 0.165 e. The van der Waals surface area contributed by atoms with Gasteiger partial charge in [0.15, 0.2) is 11.6 Å². The maximum absolute atomic E-state index is 13.5. The number of aromatic nitrogens is 2. The van der Waals surface area contributed by atoms with Crippen LogP contribution in [0.5, 0.6) is 5.75 Å². The summed E-state index contributed by atoms with van der Waals surface area (Å²) >= 11 is 0. The summed E-state index contributed by atoms with van der Waals surface area (Å²) < 4.78 is 20.5. The summed E-state index contributed by atoms with van der Waals surface area (Å²) in [5, 5.41) is 0. The number of fused-ring (bicyclic) bond motifs is 1. The predicted octanol–water partition coefficient (Wildman–Crippen LogP) is 2.85. The molecule has 0 radical (unpaired) electrons. The van der Waals surface area contributed by atoms with Gasteiger partial charge >= 0.3 is 0 Å². The fraction of sp³-hybridized carbons (Fsp3) is 0.188. The SMILES string of the molecule is COc1cc(-c2nc3c(CN)cccc3n2C)ccc1F. The third kappa shape index (κ3) is 2.15. The second kappa shape index (κ2) is 5.18. The molecule has 0 aliphatic heterocycles. The third-order valence-corrected chi connectivity index (χ3v) is 3.62. The van der Waals surface area contributed by atoms with Gasteiger partial charge in [0, 0.05) is 19.2 Å². The first-order chi connectivity index (χ1) is 10.2. The van der Waals surface area contributed by atoms with Gasteiger partial charge in [-0.25, -0.2) is 9.37 Å². The largest absolute Gasteiger partial charge is 0.494 e. The molecule has 2 aromatic carbocycles. The van der Waals surface area contributed by atoms with Crippen molar-refractivity contribution in [1.29, 1.82) is 0 Å². The standard InChI is InChI=1S/C16H16FN3O/c1-20-13-5-3-4-11(9-18)15(13)19-16(20)10-6-7-12(17)14(8-10)21-2/h3-8H,9,18H2,1-2H3. The highest BCUT2D eigenvalue weighted by Crippen LogP contribution is 2.29. The second-order valence-corrected chi connectivity index (χ2v) is 4.83. The van der Waals surface area contributed by atoms with Crippen molar-refractivity contribution in [2.45, 2.75) is 6.54 Å². The topological polar surface area (TPSA) is 53.1 Å². The van der Waals surface area contributed by atoms with Crippen molar-refractivity contribution in [3.63, 3.8) is 0 Å². The van der Waals surface area contributed by atoms with E-state index in [4.69, 9.17) is 10.5 Å². The van der Waals surface area contributed by atoms with Crippen LogP contribution >= 0.6 is 0 Å². The number of para-hydroxylation sites is 1. The molecule has 1 heterocycles. The first-order valence-electron chi connectivity index (χ1n) is 6.64. The van der Waals surface area contributed by atoms with Crippen LogP contribution in [-0.4, -0.2) is 16.7 Å². The van der Waals surface area contributed by atoms with E-state index in [9.17, 15) is 4.39 Å². The molecule has 0 aliphatic rings. The van der Waals surface area contributed by atoms with Crippen molar-refractivity contribution in [2.75, 3.05) is 7.11 Å². The Bertz CT molecular complexity index is 811. The molecule has 0 bridgehead atoms. The monoisotopic (exact) mass is 285 g/mol. The van der Waals surface area contributed by atoms with Gasteiger partial charge in [-0.3, -0.25) is 0 Å². The van der Waals surface area contributed by atoms with Crippen LogP contribution in [0, 0.1) is 5.82 Å². The normalized spacial score (nSPS) is 11.0. The van der Waals surface area contributed by atoms with Crippen molar-refractivity contribution in [1.82, 2.24) is 9.55 Å². The lowest BCUT2D eigenvalue weighted by Gasteiger charge is -2.06. The predicted molar refractivity (Wildman–Crippen MR) is 80.6 cm³/mol. The van der Waals surface area contributed by atoms with Crippen LogP contribution < -0.4 is 10.5 Å². The Morgan fingerprint density at radius 3 is 2.81 bits per heavy atom. The molecule has 3 rings (SSSR count). The van der Waals surface area contributed by atoms with E-state index in [1.807, 2.05) is 29.8 Å². The van der Waals surface area contributed by atoms with Gasteiger partial charge in [-0.1, -0.05) is 12.1 Å². The van der Waals surface area contributed by atoms with Gasteiger partial charge in [0.05, 0.1) is 18.1 Å². The zero-order valence-electron chi connectivity index (χ0n) is 11.9. The van der Waals surface area contributed by atoms with Crippen LogP contribution in [0.15, 0.2) is 36.4 Å². The molecular formula is C16H16FN3O. The first-order valence-corrected chi connectivity index (χ1v) is 6.64. The molecule has 0 fully saturated rings. The van der Waals surface area contributed by atoms with E-state index < -0.39 is 0 Å². The van der Waals surface area contributed by atoms with Gasteiger partial charge in [-0.05, 0) is 29.8 Å². The van der Waals surface area contributed by atoms with E-state index in [2.05, 4.69) is 4.98 Å². The summed E-state index contributed by atoms with van der Waals surface area (Å²) in [6.07, 6.45) is 0. The zero-order chi connectivity index (χ0) is 15.0. The summed E-state index contributed by atoms with van der Waals surface area (Å²) in [6, 6.07) is 10.6. The van der Waals surface area contributed by atoms with Crippen LogP contribution in [0.2, 0.25) is 0 Å². The number of methoxy groups -OCH3 is 1. The lowest BCUT2D eigenvalue weighted by molar-refractivity contribution is 0.386. The maximum atomic E-state index is 13.5. The summed E-state index contributed by atoms with van der Waals surface area (Å²) in [5.74, 6) is 0.575. The Balaban J connectivity index is 2.23. The van der Waals surface area contributed by atoms with Gasteiger partial charge in [-0.2, -0.15) is 0 Å². The Labute approximate surface area is 122 Å². The fourth-order valence-electron chi connectivity index (χ4n) is 2.49. The van der Waals surface area contributed by atoms with Gasteiger partial charge < -0.3 is 15.0 Å². The number of hydrogen-bond donors (Lipinski definition) is 1. The highest BCUT2D eigenvalue weighted by molar-refractivity contribution is 5.83. The number of aryl methyl sites for hydroxylation is 1. The zero-order valence-corrected chi connectivity index (χ0v) is 11.9. The number of imidazole rings is 1. The molecule has 0 atom stereocenters. The lowest BCUT2D eigenvalue weighted by atomic mass is 10.2. The van der Waals surface area contributed by atoms with Gasteiger partial charge in [0.2, 0.25) is 0 Å². The Kier molecular flexibility index (Phi) is 3.35. The van der Waals surface area contributed by atoms with E-state index in [0.29, 0.717) is 6.54 Å². The summed E-state index contributed by atoms with van der Waals surface area (Å²) in [5.41, 5.74) is 9.42. The third-order valence-electron chi connectivity index (χ3n) is 3.62. The molecule has 0 amide bonds. The van der Waals surface area contributed by atoms with Crippen LogP contribution in [0.3, 0.4) is 0 Å². The molecule has 0 saturated heterocycles. The van der Waals surface area contributed by atoms with E-state index in [1.54, 1.807) is 12.1 Å². The molecule has 0 spiro atoms. The van der Waals surface area contributed by atoms with Crippen LogP contribution in [0.1, 0.15) is 5.56 Å². The average Bonchev–Trinajstić information content (AvgIpc) is 2.85. The van der Waals surface area contributed by atoms with Crippen LogP contribution in [0.4, 0.5) is 4.39 Å². The minimum absolute atomic E-state index is 0.207. The number of nitrogens with two attached hydrogens (primary N) is 1. The first kappa shape index (κ1) is 13.6. The Hall–Kier alpha value is -2.40. The van der Waals surface area contributed by atoms with Gasteiger partial charge in [-0.15, -0.1) is 0 Å². The van der Waals surface area contributed by atoms with Crippen molar-refractivity contribution >= 4 is 11.0 Å².